The highest BCUT2D eigenvalue weighted by Gasteiger charge is 2.24. The summed E-state index contributed by atoms with van der Waals surface area (Å²) in [4.78, 5) is 13.8. The zero-order valence-electron chi connectivity index (χ0n) is 11.1. The molecule has 1 aliphatic rings. The van der Waals surface area contributed by atoms with Gasteiger partial charge in [0.1, 0.15) is 6.04 Å². The van der Waals surface area contributed by atoms with Gasteiger partial charge in [0.2, 0.25) is 5.91 Å². The molecule has 0 radical (unpaired) electrons. The Morgan fingerprint density at radius 2 is 2.29 bits per heavy atom. The van der Waals surface area contributed by atoms with Crippen LogP contribution in [0.4, 0.5) is 0 Å². The van der Waals surface area contributed by atoms with Gasteiger partial charge in [0.15, 0.2) is 0 Å². The lowest BCUT2D eigenvalue weighted by atomic mass is 10.0. The lowest BCUT2D eigenvalue weighted by molar-refractivity contribution is -0.135. The Kier molecular flexibility index (Phi) is 5.88. The van der Waals surface area contributed by atoms with Crippen molar-refractivity contribution in [3.8, 4) is 0 Å². The van der Waals surface area contributed by atoms with Crippen molar-refractivity contribution >= 4 is 5.91 Å². The Balaban J connectivity index is 2.30. The van der Waals surface area contributed by atoms with Gasteiger partial charge in [-0.1, -0.05) is 13.8 Å². The monoisotopic (exact) mass is 243 g/mol. The maximum Gasteiger partial charge on any atom is 0.241 e. The van der Waals surface area contributed by atoms with Crippen molar-refractivity contribution in [2.24, 2.45) is 11.7 Å². The second-order valence-electron chi connectivity index (χ2n) is 5.04. The smallest absolute Gasteiger partial charge is 0.241 e. The van der Waals surface area contributed by atoms with Crippen molar-refractivity contribution in [3.63, 3.8) is 0 Å². The zero-order valence-corrected chi connectivity index (χ0v) is 11.1. The molecule has 0 spiro atoms. The SMILES string of the molecule is CC(C)C(N)CCN(C)C(=O)C1COCCN1. The number of morpholine rings is 1. The van der Waals surface area contributed by atoms with Gasteiger partial charge in [-0.3, -0.25) is 4.79 Å². The third-order valence-corrected chi connectivity index (χ3v) is 3.25. The largest absolute Gasteiger partial charge is 0.378 e. The van der Waals surface area contributed by atoms with E-state index in [-0.39, 0.29) is 18.0 Å². The molecule has 1 aliphatic heterocycles. The lowest BCUT2D eigenvalue weighted by Crippen LogP contribution is -2.52. The van der Waals surface area contributed by atoms with Crippen LogP contribution in [0.1, 0.15) is 20.3 Å². The number of amides is 1. The number of nitrogens with two attached hydrogens (primary N) is 1. The van der Waals surface area contributed by atoms with E-state index >= 15 is 0 Å². The first kappa shape index (κ1) is 14.4. The molecule has 1 amide bonds. The first-order chi connectivity index (χ1) is 8.02. The van der Waals surface area contributed by atoms with E-state index in [0.29, 0.717) is 25.7 Å². The molecule has 0 aliphatic carbocycles. The summed E-state index contributed by atoms with van der Waals surface area (Å²) in [6, 6.07) is -0.0372. The Morgan fingerprint density at radius 3 is 2.82 bits per heavy atom. The standard InChI is InChI=1S/C12H25N3O2/c1-9(2)10(13)4-6-15(3)12(16)11-8-17-7-5-14-11/h9-11,14H,4-8,13H2,1-3H3. The van der Waals surface area contributed by atoms with Gasteiger partial charge in [-0.2, -0.15) is 0 Å². The van der Waals surface area contributed by atoms with Crippen molar-refractivity contribution in [1.82, 2.24) is 10.2 Å². The minimum atomic E-state index is -0.191. The second-order valence-corrected chi connectivity index (χ2v) is 5.04. The number of likely N-dealkylation sites (N-methyl/N-ethyl adjacent to an activating group) is 1. The number of nitrogens with zero attached hydrogens (tertiary/aromatic N) is 1. The molecule has 17 heavy (non-hydrogen) atoms. The van der Waals surface area contributed by atoms with Gasteiger partial charge >= 0.3 is 0 Å². The molecule has 3 N–H and O–H groups in total. The molecule has 0 saturated carbocycles. The maximum atomic E-state index is 12.0. The summed E-state index contributed by atoms with van der Waals surface area (Å²) in [7, 11) is 1.83. The number of rotatable bonds is 5. The molecule has 5 nitrogen and oxygen atoms in total. The second kappa shape index (κ2) is 6.93. The van der Waals surface area contributed by atoms with Crippen molar-refractivity contribution < 1.29 is 9.53 Å². The highest BCUT2D eigenvalue weighted by molar-refractivity contribution is 5.81. The predicted molar refractivity (Wildman–Crippen MR) is 67.7 cm³/mol. The van der Waals surface area contributed by atoms with E-state index in [1.807, 2.05) is 7.05 Å². The quantitative estimate of drug-likeness (QED) is 0.702. The number of carbonyl (C=O) groups excluding carboxylic acids is 1. The molecule has 0 aromatic heterocycles. The molecule has 2 atom stereocenters. The van der Waals surface area contributed by atoms with Crippen LogP contribution in [0.25, 0.3) is 0 Å². The molecule has 1 heterocycles. The van der Waals surface area contributed by atoms with Gasteiger partial charge in [0, 0.05) is 26.2 Å². The summed E-state index contributed by atoms with van der Waals surface area (Å²) in [5.41, 5.74) is 5.97. The predicted octanol–water partition coefficient (Wildman–Crippen LogP) is -0.193. The van der Waals surface area contributed by atoms with Crippen LogP contribution in [-0.2, 0) is 9.53 Å². The minimum absolute atomic E-state index is 0.0978. The fourth-order valence-electron chi connectivity index (χ4n) is 1.78. The molecular weight excluding hydrogens is 218 g/mol. The van der Waals surface area contributed by atoms with E-state index in [2.05, 4.69) is 19.2 Å². The summed E-state index contributed by atoms with van der Waals surface area (Å²) >= 11 is 0. The van der Waals surface area contributed by atoms with Crippen LogP contribution in [-0.4, -0.2) is 56.2 Å². The summed E-state index contributed by atoms with van der Waals surface area (Å²) in [5.74, 6) is 0.551. The average Bonchev–Trinajstić information content (AvgIpc) is 2.35. The third kappa shape index (κ3) is 4.61. The molecule has 1 saturated heterocycles. The van der Waals surface area contributed by atoms with E-state index in [0.717, 1.165) is 13.0 Å². The van der Waals surface area contributed by atoms with E-state index in [4.69, 9.17) is 10.5 Å². The van der Waals surface area contributed by atoms with Crippen molar-refractivity contribution in [2.75, 3.05) is 33.4 Å². The van der Waals surface area contributed by atoms with Crippen LogP contribution >= 0.6 is 0 Å². The van der Waals surface area contributed by atoms with Gasteiger partial charge in [0.25, 0.3) is 0 Å². The molecule has 0 aromatic carbocycles. The first-order valence-corrected chi connectivity index (χ1v) is 6.34. The van der Waals surface area contributed by atoms with Crippen LogP contribution in [0.5, 0.6) is 0 Å². The number of ether oxygens (including phenoxy) is 1. The highest BCUT2D eigenvalue weighted by atomic mass is 16.5. The van der Waals surface area contributed by atoms with E-state index in [9.17, 15) is 4.79 Å². The Morgan fingerprint density at radius 1 is 1.59 bits per heavy atom. The fourth-order valence-corrected chi connectivity index (χ4v) is 1.78. The molecule has 100 valence electrons. The normalized spacial score (nSPS) is 22.5. The van der Waals surface area contributed by atoms with Crippen molar-refractivity contribution in [3.05, 3.63) is 0 Å². The van der Waals surface area contributed by atoms with Gasteiger partial charge in [-0.05, 0) is 12.3 Å². The zero-order chi connectivity index (χ0) is 12.8. The third-order valence-electron chi connectivity index (χ3n) is 3.25. The fraction of sp³-hybridized carbons (Fsp3) is 0.917. The summed E-state index contributed by atoms with van der Waals surface area (Å²) in [6.07, 6.45) is 0.841. The van der Waals surface area contributed by atoms with Crippen LogP contribution in [0, 0.1) is 5.92 Å². The van der Waals surface area contributed by atoms with Crippen molar-refractivity contribution in [2.45, 2.75) is 32.4 Å². The number of nitrogens with one attached hydrogen (secondary N) is 1. The summed E-state index contributed by atoms with van der Waals surface area (Å²) in [5, 5.41) is 3.16. The van der Waals surface area contributed by atoms with E-state index in [1.54, 1.807) is 4.90 Å². The Hall–Kier alpha value is -0.650. The van der Waals surface area contributed by atoms with Gasteiger partial charge in [-0.25, -0.2) is 0 Å². The lowest BCUT2D eigenvalue weighted by Gasteiger charge is -2.28. The van der Waals surface area contributed by atoms with Crippen molar-refractivity contribution in [1.29, 1.82) is 0 Å². The van der Waals surface area contributed by atoms with Crippen LogP contribution in [0.2, 0.25) is 0 Å². The average molecular weight is 243 g/mol. The molecule has 5 heteroatoms. The summed E-state index contributed by atoms with van der Waals surface area (Å²) in [6.45, 7) is 6.81. The first-order valence-electron chi connectivity index (χ1n) is 6.34. The molecule has 0 bridgehead atoms. The Labute approximate surface area is 104 Å². The number of carbonyl (C=O) groups is 1. The number of hydrogen-bond acceptors (Lipinski definition) is 4. The molecule has 1 rings (SSSR count). The van der Waals surface area contributed by atoms with Gasteiger partial charge < -0.3 is 20.7 Å². The Bertz CT molecular complexity index is 240. The van der Waals surface area contributed by atoms with E-state index in [1.165, 1.54) is 0 Å². The van der Waals surface area contributed by atoms with Crippen LogP contribution < -0.4 is 11.1 Å². The van der Waals surface area contributed by atoms with Gasteiger partial charge in [0.05, 0.1) is 13.2 Å². The molecule has 1 fully saturated rings. The number of hydrogen-bond donors (Lipinski definition) is 2. The summed E-state index contributed by atoms with van der Waals surface area (Å²) < 4.78 is 5.28. The topological polar surface area (TPSA) is 67.6 Å². The van der Waals surface area contributed by atoms with Crippen LogP contribution in [0.3, 0.4) is 0 Å². The molecule has 0 aromatic rings. The molecular formula is C12H25N3O2. The van der Waals surface area contributed by atoms with Crippen LogP contribution in [0.15, 0.2) is 0 Å². The molecule has 2 unspecified atom stereocenters. The van der Waals surface area contributed by atoms with E-state index < -0.39 is 0 Å². The maximum absolute atomic E-state index is 12.0. The minimum Gasteiger partial charge on any atom is -0.378 e. The van der Waals surface area contributed by atoms with Gasteiger partial charge in [-0.15, -0.1) is 0 Å². The highest BCUT2D eigenvalue weighted by Crippen LogP contribution is 2.05.